The molecule has 0 fully saturated rings. The van der Waals surface area contributed by atoms with Crippen LogP contribution in [-0.4, -0.2) is 35.3 Å². The van der Waals surface area contributed by atoms with Crippen LogP contribution in [0.3, 0.4) is 0 Å². The largest absolute Gasteiger partial charge is 0.459 e. The number of nitrogens with zero attached hydrogens (tertiary/aromatic N) is 2. The van der Waals surface area contributed by atoms with E-state index in [0.29, 0.717) is 25.9 Å². The van der Waals surface area contributed by atoms with Crippen LogP contribution in [-0.2, 0) is 11.3 Å². The van der Waals surface area contributed by atoms with E-state index >= 15 is 0 Å². The zero-order valence-electron chi connectivity index (χ0n) is 12.5. The molecular formula is C16H19N3O3. The number of amides is 2. The Morgan fingerprint density at radius 1 is 1.27 bits per heavy atom. The lowest BCUT2D eigenvalue weighted by molar-refractivity contribution is -0.130. The van der Waals surface area contributed by atoms with Crippen molar-refractivity contribution in [1.82, 2.24) is 15.2 Å². The maximum absolute atomic E-state index is 12.0. The van der Waals surface area contributed by atoms with Crippen LogP contribution in [0.5, 0.6) is 0 Å². The van der Waals surface area contributed by atoms with Gasteiger partial charge in [0.15, 0.2) is 5.76 Å². The van der Waals surface area contributed by atoms with Gasteiger partial charge in [-0.2, -0.15) is 0 Å². The summed E-state index contributed by atoms with van der Waals surface area (Å²) in [6.07, 6.45) is 4.11. The van der Waals surface area contributed by atoms with Crippen LogP contribution in [0.1, 0.15) is 29.1 Å². The van der Waals surface area contributed by atoms with Gasteiger partial charge in [-0.1, -0.05) is 6.07 Å². The molecule has 0 spiro atoms. The van der Waals surface area contributed by atoms with Crippen molar-refractivity contribution in [3.8, 4) is 0 Å². The predicted octanol–water partition coefficient (Wildman–Crippen LogP) is 1.84. The fraction of sp³-hybridized carbons (Fsp3) is 0.312. The van der Waals surface area contributed by atoms with Gasteiger partial charge in [-0.3, -0.25) is 14.6 Å². The van der Waals surface area contributed by atoms with E-state index in [1.807, 2.05) is 18.2 Å². The second-order valence-electron chi connectivity index (χ2n) is 4.91. The van der Waals surface area contributed by atoms with E-state index in [-0.39, 0.29) is 17.6 Å². The fourth-order valence-electron chi connectivity index (χ4n) is 1.95. The summed E-state index contributed by atoms with van der Waals surface area (Å²) in [6, 6.07) is 8.87. The van der Waals surface area contributed by atoms with Crippen molar-refractivity contribution in [2.24, 2.45) is 0 Å². The van der Waals surface area contributed by atoms with Crippen LogP contribution in [0.25, 0.3) is 0 Å². The summed E-state index contributed by atoms with van der Waals surface area (Å²) in [4.78, 5) is 29.4. The molecule has 0 unspecified atom stereocenters. The Balaban J connectivity index is 1.66. The molecule has 0 bridgehead atoms. The zero-order valence-corrected chi connectivity index (χ0v) is 12.5. The Hall–Kier alpha value is -2.63. The third-order valence-electron chi connectivity index (χ3n) is 3.15. The number of aromatic nitrogens is 1. The van der Waals surface area contributed by atoms with Crippen molar-refractivity contribution >= 4 is 11.8 Å². The smallest absolute Gasteiger partial charge is 0.286 e. The monoisotopic (exact) mass is 301 g/mol. The quantitative estimate of drug-likeness (QED) is 0.792. The highest BCUT2D eigenvalue weighted by Crippen LogP contribution is 2.03. The Kier molecular flexibility index (Phi) is 5.71. The lowest BCUT2D eigenvalue weighted by atomic mass is 10.2. The average molecular weight is 301 g/mol. The minimum Gasteiger partial charge on any atom is -0.459 e. The summed E-state index contributed by atoms with van der Waals surface area (Å²) in [6.45, 7) is 0.918. The number of pyridine rings is 1. The van der Waals surface area contributed by atoms with Crippen molar-refractivity contribution in [2.75, 3.05) is 13.6 Å². The van der Waals surface area contributed by atoms with Gasteiger partial charge in [0.2, 0.25) is 5.91 Å². The summed E-state index contributed by atoms with van der Waals surface area (Å²) in [5, 5.41) is 2.71. The summed E-state index contributed by atoms with van der Waals surface area (Å²) >= 11 is 0. The number of carbonyl (C=O) groups is 2. The number of rotatable bonds is 7. The number of carbonyl (C=O) groups excluding carboxylic acids is 2. The summed E-state index contributed by atoms with van der Waals surface area (Å²) in [7, 11) is 1.75. The lowest BCUT2D eigenvalue weighted by Gasteiger charge is -2.16. The molecule has 0 radical (unpaired) electrons. The molecule has 0 aliphatic rings. The van der Waals surface area contributed by atoms with E-state index < -0.39 is 0 Å². The van der Waals surface area contributed by atoms with Gasteiger partial charge in [0.1, 0.15) is 0 Å². The third kappa shape index (κ3) is 4.73. The van der Waals surface area contributed by atoms with Gasteiger partial charge in [0.25, 0.3) is 5.91 Å². The molecule has 6 nitrogen and oxygen atoms in total. The second kappa shape index (κ2) is 7.97. The van der Waals surface area contributed by atoms with Gasteiger partial charge < -0.3 is 14.6 Å². The van der Waals surface area contributed by atoms with Crippen molar-refractivity contribution in [1.29, 1.82) is 0 Å². The van der Waals surface area contributed by atoms with Gasteiger partial charge >= 0.3 is 0 Å². The molecule has 0 saturated heterocycles. The predicted molar refractivity (Wildman–Crippen MR) is 81.0 cm³/mol. The Morgan fingerprint density at radius 3 is 2.82 bits per heavy atom. The molecule has 6 heteroatoms. The topological polar surface area (TPSA) is 75.4 Å². The molecule has 2 aromatic heterocycles. The maximum Gasteiger partial charge on any atom is 0.286 e. The van der Waals surface area contributed by atoms with E-state index in [1.165, 1.54) is 6.26 Å². The van der Waals surface area contributed by atoms with E-state index in [2.05, 4.69) is 10.3 Å². The molecular weight excluding hydrogens is 282 g/mol. The number of hydrogen-bond acceptors (Lipinski definition) is 4. The zero-order chi connectivity index (χ0) is 15.8. The van der Waals surface area contributed by atoms with E-state index in [1.54, 1.807) is 30.3 Å². The summed E-state index contributed by atoms with van der Waals surface area (Å²) in [5.74, 6) is 0.0378. The normalized spacial score (nSPS) is 10.2. The minimum absolute atomic E-state index is 0.0258. The first-order valence-electron chi connectivity index (χ1n) is 7.12. The van der Waals surface area contributed by atoms with E-state index in [0.717, 1.165) is 5.69 Å². The molecule has 2 amide bonds. The first-order chi connectivity index (χ1) is 10.7. The van der Waals surface area contributed by atoms with Crippen molar-refractivity contribution in [3.05, 3.63) is 54.2 Å². The molecule has 0 saturated carbocycles. The van der Waals surface area contributed by atoms with Gasteiger partial charge in [-0.05, 0) is 30.7 Å². The van der Waals surface area contributed by atoms with Crippen LogP contribution in [0.4, 0.5) is 0 Å². The number of hydrogen-bond donors (Lipinski definition) is 1. The standard InChI is InChI=1S/C16H19N3O3/c1-19(12-13-6-2-3-9-17-13)15(20)8-4-10-18-16(21)14-7-5-11-22-14/h2-3,5-7,9,11H,4,8,10,12H2,1H3,(H,18,21). The molecule has 1 N–H and O–H groups in total. The van der Waals surface area contributed by atoms with E-state index in [4.69, 9.17) is 4.42 Å². The Labute approximate surface area is 129 Å². The number of nitrogens with one attached hydrogen (secondary N) is 1. The Bertz CT molecular complexity index is 596. The first-order valence-corrected chi connectivity index (χ1v) is 7.12. The van der Waals surface area contributed by atoms with Gasteiger partial charge in [-0.25, -0.2) is 0 Å². The molecule has 0 aliphatic carbocycles. The van der Waals surface area contributed by atoms with Crippen LogP contribution in [0, 0.1) is 0 Å². The highest BCUT2D eigenvalue weighted by molar-refractivity contribution is 5.91. The summed E-state index contributed by atoms with van der Waals surface area (Å²) in [5.41, 5.74) is 0.851. The minimum atomic E-state index is -0.265. The van der Waals surface area contributed by atoms with Gasteiger partial charge in [0.05, 0.1) is 18.5 Å². The van der Waals surface area contributed by atoms with Gasteiger partial charge in [-0.15, -0.1) is 0 Å². The van der Waals surface area contributed by atoms with E-state index in [9.17, 15) is 9.59 Å². The molecule has 2 aromatic rings. The van der Waals surface area contributed by atoms with Gasteiger partial charge in [0, 0.05) is 26.2 Å². The fourth-order valence-corrected chi connectivity index (χ4v) is 1.95. The second-order valence-corrected chi connectivity index (χ2v) is 4.91. The SMILES string of the molecule is CN(Cc1ccccn1)C(=O)CCCNC(=O)c1ccco1. The molecule has 0 atom stereocenters. The van der Waals surface area contributed by atoms with Crippen LogP contribution in [0.15, 0.2) is 47.2 Å². The molecule has 2 rings (SSSR count). The van der Waals surface area contributed by atoms with Crippen molar-refractivity contribution < 1.29 is 14.0 Å². The van der Waals surface area contributed by atoms with Crippen LogP contribution in [0.2, 0.25) is 0 Å². The highest BCUT2D eigenvalue weighted by Gasteiger charge is 2.11. The van der Waals surface area contributed by atoms with Crippen LogP contribution < -0.4 is 5.32 Å². The maximum atomic E-state index is 12.0. The summed E-state index contributed by atoms with van der Waals surface area (Å²) < 4.78 is 4.98. The Morgan fingerprint density at radius 2 is 2.14 bits per heavy atom. The van der Waals surface area contributed by atoms with Crippen LogP contribution >= 0.6 is 0 Å². The molecule has 2 heterocycles. The molecule has 116 valence electrons. The third-order valence-corrected chi connectivity index (χ3v) is 3.15. The van der Waals surface area contributed by atoms with Crippen molar-refractivity contribution in [3.63, 3.8) is 0 Å². The first kappa shape index (κ1) is 15.8. The molecule has 0 aromatic carbocycles. The number of furan rings is 1. The molecule has 22 heavy (non-hydrogen) atoms. The molecule has 0 aliphatic heterocycles. The van der Waals surface area contributed by atoms with Crippen molar-refractivity contribution in [2.45, 2.75) is 19.4 Å². The average Bonchev–Trinajstić information content (AvgIpc) is 3.06. The highest BCUT2D eigenvalue weighted by atomic mass is 16.3. The lowest BCUT2D eigenvalue weighted by Crippen LogP contribution is -2.28.